The van der Waals surface area contributed by atoms with E-state index in [-0.39, 0.29) is 17.9 Å². The Morgan fingerprint density at radius 2 is 1.90 bits per heavy atom. The van der Waals surface area contributed by atoms with E-state index in [0.717, 1.165) is 42.9 Å². The van der Waals surface area contributed by atoms with Gasteiger partial charge in [0.05, 0.1) is 0 Å². The topological polar surface area (TPSA) is 61.4 Å². The van der Waals surface area contributed by atoms with Gasteiger partial charge in [0.2, 0.25) is 11.8 Å². The zero-order valence-corrected chi connectivity index (χ0v) is 12.9. The summed E-state index contributed by atoms with van der Waals surface area (Å²) in [6.45, 7) is 7.04. The lowest BCUT2D eigenvalue weighted by Gasteiger charge is -2.22. The summed E-state index contributed by atoms with van der Waals surface area (Å²) >= 11 is 0. The summed E-state index contributed by atoms with van der Waals surface area (Å²) in [4.78, 5) is 25.3. The van der Waals surface area contributed by atoms with E-state index in [4.69, 9.17) is 0 Å². The van der Waals surface area contributed by atoms with Crippen LogP contribution in [0.2, 0.25) is 0 Å². The molecule has 21 heavy (non-hydrogen) atoms. The highest BCUT2D eigenvalue weighted by Crippen LogP contribution is 2.21. The lowest BCUT2D eigenvalue weighted by Crippen LogP contribution is -2.39. The smallest absolute Gasteiger partial charge is 0.244 e. The molecule has 2 amide bonds. The minimum absolute atomic E-state index is 0.0867. The predicted octanol–water partition coefficient (Wildman–Crippen LogP) is 2.38. The molecule has 1 fully saturated rings. The number of likely N-dealkylation sites (tertiary alicyclic amines) is 1. The third-order valence-electron chi connectivity index (χ3n) is 3.71. The lowest BCUT2D eigenvalue weighted by molar-refractivity contribution is -0.130. The van der Waals surface area contributed by atoms with Crippen molar-refractivity contribution >= 4 is 23.2 Å². The van der Waals surface area contributed by atoms with Crippen molar-refractivity contribution in [3.63, 3.8) is 0 Å². The summed E-state index contributed by atoms with van der Waals surface area (Å²) in [5.74, 6) is 0.0625. The quantitative estimate of drug-likeness (QED) is 0.894. The first kappa shape index (κ1) is 15.4. The number of amides is 2. The molecule has 1 aliphatic rings. The van der Waals surface area contributed by atoms with Crippen LogP contribution in [0.15, 0.2) is 18.2 Å². The van der Waals surface area contributed by atoms with Gasteiger partial charge in [0.25, 0.3) is 0 Å². The molecular formula is C16H23N3O2. The highest BCUT2D eigenvalue weighted by Gasteiger charge is 2.23. The molecule has 1 aromatic rings. The van der Waals surface area contributed by atoms with Crippen LogP contribution in [0.1, 0.15) is 32.3 Å². The Labute approximate surface area is 125 Å². The Bertz CT molecular complexity index is 536. The molecule has 1 aromatic carbocycles. The normalized spacial score (nSPS) is 15.7. The van der Waals surface area contributed by atoms with Gasteiger partial charge < -0.3 is 15.5 Å². The highest BCUT2D eigenvalue weighted by atomic mass is 16.2. The molecule has 0 aliphatic carbocycles. The molecule has 0 saturated carbocycles. The van der Waals surface area contributed by atoms with Gasteiger partial charge in [-0.25, -0.2) is 0 Å². The van der Waals surface area contributed by atoms with Crippen molar-refractivity contribution in [3.8, 4) is 0 Å². The minimum atomic E-state index is -0.242. The van der Waals surface area contributed by atoms with Gasteiger partial charge in [-0.05, 0) is 50.5 Å². The number of hydrogen-bond acceptors (Lipinski definition) is 3. The SMILES string of the molecule is CC(=O)Nc1ccc(NC(C)C(=O)N2CCCC2)cc1C. The van der Waals surface area contributed by atoms with Crippen LogP contribution in [0.5, 0.6) is 0 Å². The Balaban J connectivity index is 2.00. The second-order valence-corrected chi connectivity index (χ2v) is 5.61. The molecule has 2 N–H and O–H groups in total. The average Bonchev–Trinajstić information content (AvgIpc) is 2.94. The first-order valence-corrected chi connectivity index (χ1v) is 7.41. The molecule has 0 aromatic heterocycles. The monoisotopic (exact) mass is 289 g/mol. The molecule has 1 unspecified atom stereocenters. The number of anilines is 2. The number of hydrogen-bond donors (Lipinski definition) is 2. The van der Waals surface area contributed by atoms with Gasteiger partial charge in [-0.3, -0.25) is 9.59 Å². The van der Waals surface area contributed by atoms with E-state index in [1.807, 2.05) is 36.9 Å². The maximum atomic E-state index is 12.3. The zero-order chi connectivity index (χ0) is 15.4. The van der Waals surface area contributed by atoms with Gasteiger partial charge >= 0.3 is 0 Å². The van der Waals surface area contributed by atoms with Gasteiger partial charge in [-0.2, -0.15) is 0 Å². The van der Waals surface area contributed by atoms with Crippen LogP contribution in [-0.2, 0) is 9.59 Å². The molecule has 1 saturated heterocycles. The minimum Gasteiger partial charge on any atom is -0.374 e. The van der Waals surface area contributed by atoms with Crippen LogP contribution in [0.25, 0.3) is 0 Å². The van der Waals surface area contributed by atoms with Crippen LogP contribution in [0, 0.1) is 6.92 Å². The lowest BCUT2D eigenvalue weighted by atomic mass is 10.1. The standard InChI is InChI=1S/C16H23N3O2/c1-11-10-14(6-7-15(11)18-13(3)20)17-12(2)16(21)19-8-4-5-9-19/h6-7,10,12,17H,4-5,8-9H2,1-3H3,(H,18,20). The molecular weight excluding hydrogens is 266 g/mol. The fourth-order valence-electron chi connectivity index (χ4n) is 2.61. The average molecular weight is 289 g/mol. The summed E-state index contributed by atoms with van der Waals surface area (Å²) in [6, 6.07) is 5.44. The molecule has 1 aliphatic heterocycles. The Morgan fingerprint density at radius 3 is 2.48 bits per heavy atom. The second-order valence-electron chi connectivity index (χ2n) is 5.61. The molecule has 1 heterocycles. The molecule has 114 valence electrons. The first-order chi connectivity index (χ1) is 9.97. The van der Waals surface area contributed by atoms with E-state index in [1.165, 1.54) is 6.92 Å². The van der Waals surface area contributed by atoms with Crippen LogP contribution in [0.3, 0.4) is 0 Å². The predicted molar refractivity (Wildman–Crippen MR) is 84.4 cm³/mol. The zero-order valence-electron chi connectivity index (χ0n) is 12.9. The van der Waals surface area contributed by atoms with Crippen LogP contribution >= 0.6 is 0 Å². The van der Waals surface area contributed by atoms with E-state index in [1.54, 1.807) is 0 Å². The highest BCUT2D eigenvalue weighted by molar-refractivity contribution is 5.90. The fraction of sp³-hybridized carbons (Fsp3) is 0.500. The van der Waals surface area contributed by atoms with E-state index < -0.39 is 0 Å². The van der Waals surface area contributed by atoms with Crippen molar-refractivity contribution in [2.75, 3.05) is 23.7 Å². The summed E-state index contributed by atoms with van der Waals surface area (Å²) in [5.41, 5.74) is 2.66. The van der Waals surface area contributed by atoms with Crippen LogP contribution < -0.4 is 10.6 Å². The van der Waals surface area contributed by atoms with Gasteiger partial charge in [-0.15, -0.1) is 0 Å². The second kappa shape index (κ2) is 6.61. The largest absolute Gasteiger partial charge is 0.374 e. The number of rotatable bonds is 4. The van der Waals surface area contributed by atoms with Crippen LogP contribution in [-0.4, -0.2) is 35.8 Å². The number of nitrogens with one attached hydrogen (secondary N) is 2. The molecule has 0 spiro atoms. The van der Waals surface area contributed by atoms with Gasteiger partial charge in [0, 0.05) is 31.4 Å². The number of benzene rings is 1. The maximum Gasteiger partial charge on any atom is 0.244 e. The van der Waals surface area contributed by atoms with Gasteiger partial charge in [0.15, 0.2) is 0 Å². The van der Waals surface area contributed by atoms with Crippen molar-refractivity contribution in [1.82, 2.24) is 4.90 Å². The maximum absolute atomic E-state index is 12.3. The third kappa shape index (κ3) is 3.97. The molecule has 2 rings (SSSR count). The molecule has 5 nitrogen and oxygen atoms in total. The number of carbonyl (C=O) groups excluding carboxylic acids is 2. The summed E-state index contributed by atoms with van der Waals surface area (Å²) in [7, 11) is 0. The van der Waals surface area contributed by atoms with Crippen molar-refractivity contribution in [2.24, 2.45) is 0 Å². The Hall–Kier alpha value is -2.04. The number of nitrogens with zero attached hydrogens (tertiary/aromatic N) is 1. The van der Waals surface area contributed by atoms with Gasteiger partial charge in [0.1, 0.15) is 6.04 Å². The third-order valence-corrected chi connectivity index (χ3v) is 3.71. The fourth-order valence-corrected chi connectivity index (χ4v) is 2.61. The van der Waals surface area contributed by atoms with Crippen LogP contribution in [0.4, 0.5) is 11.4 Å². The molecule has 5 heteroatoms. The van der Waals surface area contributed by atoms with E-state index >= 15 is 0 Å². The van der Waals surface area contributed by atoms with Crippen molar-refractivity contribution in [2.45, 2.75) is 39.7 Å². The summed E-state index contributed by atoms with van der Waals surface area (Å²) < 4.78 is 0. The van der Waals surface area contributed by atoms with Crippen molar-refractivity contribution in [3.05, 3.63) is 23.8 Å². The van der Waals surface area contributed by atoms with Crippen molar-refractivity contribution < 1.29 is 9.59 Å². The summed E-state index contributed by atoms with van der Waals surface area (Å²) in [6.07, 6.45) is 2.20. The van der Waals surface area contributed by atoms with Gasteiger partial charge in [-0.1, -0.05) is 0 Å². The first-order valence-electron chi connectivity index (χ1n) is 7.41. The molecule has 0 bridgehead atoms. The molecule has 1 atom stereocenters. The Kier molecular flexibility index (Phi) is 4.83. The van der Waals surface area contributed by atoms with E-state index in [2.05, 4.69) is 10.6 Å². The summed E-state index contributed by atoms with van der Waals surface area (Å²) in [5, 5.41) is 6.02. The van der Waals surface area contributed by atoms with E-state index in [9.17, 15) is 9.59 Å². The Morgan fingerprint density at radius 1 is 1.24 bits per heavy atom. The van der Waals surface area contributed by atoms with Crippen molar-refractivity contribution in [1.29, 1.82) is 0 Å². The molecule has 0 radical (unpaired) electrons. The number of aryl methyl sites for hydroxylation is 1. The number of carbonyl (C=O) groups is 2. The van der Waals surface area contributed by atoms with E-state index in [0.29, 0.717) is 0 Å².